The van der Waals surface area contributed by atoms with E-state index in [2.05, 4.69) is 26.9 Å². The number of ether oxygens (including phenoxy) is 1. The third kappa shape index (κ3) is 4.26. The van der Waals surface area contributed by atoms with Gasteiger partial charge >= 0.3 is 0 Å². The summed E-state index contributed by atoms with van der Waals surface area (Å²) in [6.45, 7) is 12.7. The van der Waals surface area contributed by atoms with E-state index in [0.29, 0.717) is 17.8 Å². The van der Waals surface area contributed by atoms with Crippen LogP contribution in [0.25, 0.3) is 0 Å². The van der Waals surface area contributed by atoms with Crippen molar-refractivity contribution in [1.29, 1.82) is 0 Å². The molecule has 0 radical (unpaired) electrons. The molecule has 1 aliphatic heterocycles. The predicted molar refractivity (Wildman–Crippen MR) is 71.8 cm³/mol. The lowest BCUT2D eigenvalue weighted by atomic mass is 10.2. The van der Waals surface area contributed by atoms with Crippen LogP contribution in [0.5, 0.6) is 0 Å². The second-order valence-corrected chi connectivity index (χ2v) is 5.03. The van der Waals surface area contributed by atoms with Crippen LogP contribution in [-0.2, 0) is 11.3 Å². The van der Waals surface area contributed by atoms with Gasteiger partial charge in [0, 0.05) is 45.8 Å². The minimum Gasteiger partial charge on any atom is -0.424 e. The molecule has 0 unspecified atom stereocenters. The maximum absolute atomic E-state index is 5.43. The molecule has 19 heavy (non-hydrogen) atoms. The first kappa shape index (κ1) is 14.4. The summed E-state index contributed by atoms with van der Waals surface area (Å²) in [5, 5.41) is 7.92. The summed E-state index contributed by atoms with van der Waals surface area (Å²) in [4.78, 5) is 4.85. The van der Waals surface area contributed by atoms with Gasteiger partial charge in [0.05, 0.1) is 13.2 Å². The second-order valence-electron chi connectivity index (χ2n) is 5.03. The van der Waals surface area contributed by atoms with E-state index >= 15 is 0 Å². The molecule has 0 bridgehead atoms. The van der Waals surface area contributed by atoms with Crippen LogP contribution in [-0.4, -0.2) is 65.4 Å². The number of aryl methyl sites for hydroxylation is 1. The molecule has 0 aliphatic carbocycles. The molecule has 1 saturated heterocycles. The van der Waals surface area contributed by atoms with Crippen LogP contribution in [0.4, 0.5) is 0 Å². The van der Waals surface area contributed by atoms with Crippen LogP contribution in [0.15, 0.2) is 4.42 Å². The molecular formula is C13H24N4O2. The number of piperazine rings is 1. The topological polar surface area (TPSA) is 54.6 Å². The zero-order chi connectivity index (χ0) is 13.7. The second kappa shape index (κ2) is 6.98. The molecule has 6 nitrogen and oxygen atoms in total. The Labute approximate surface area is 114 Å². The fraction of sp³-hybridized carbons (Fsp3) is 0.846. The van der Waals surface area contributed by atoms with E-state index in [-0.39, 0.29) is 0 Å². The molecule has 108 valence electrons. The van der Waals surface area contributed by atoms with E-state index in [9.17, 15) is 0 Å². The normalized spacial score (nSPS) is 21.9. The molecule has 0 amide bonds. The van der Waals surface area contributed by atoms with E-state index in [1.807, 2.05) is 13.8 Å². The highest BCUT2D eigenvalue weighted by Gasteiger charge is 2.24. The van der Waals surface area contributed by atoms with E-state index < -0.39 is 0 Å². The molecule has 2 heterocycles. The van der Waals surface area contributed by atoms with E-state index in [0.717, 1.165) is 45.9 Å². The van der Waals surface area contributed by atoms with Gasteiger partial charge in [0.2, 0.25) is 11.8 Å². The fourth-order valence-corrected chi connectivity index (χ4v) is 2.47. The van der Waals surface area contributed by atoms with Gasteiger partial charge in [0.15, 0.2) is 0 Å². The zero-order valence-electron chi connectivity index (χ0n) is 12.1. The van der Waals surface area contributed by atoms with E-state index in [4.69, 9.17) is 9.15 Å². The highest BCUT2D eigenvalue weighted by Crippen LogP contribution is 2.12. The molecule has 6 heteroatoms. The summed E-state index contributed by atoms with van der Waals surface area (Å²) in [5.74, 6) is 1.35. The van der Waals surface area contributed by atoms with Crippen LogP contribution < -0.4 is 0 Å². The van der Waals surface area contributed by atoms with Gasteiger partial charge in [-0.15, -0.1) is 10.2 Å². The lowest BCUT2D eigenvalue weighted by Crippen LogP contribution is -2.52. The predicted octanol–water partition coefficient (Wildman–Crippen LogP) is 0.921. The molecule has 0 spiro atoms. The standard InChI is InChI=1S/C13H24N4O2/c1-4-18-8-7-17-6-5-16(9-11(17)2)10-13-15-14-12(3)19-13/h11H,4-10H2,1-3H3/t11-/m1/s1. The minimum absolute atomic E-state index is 0.540. The molecule has 1 aromatic heterocycles. The van der Waals surface area contributed by atoms with Crippen LogP contribution >= 0.6 is 0 Å². The number of nitrogens with zero attached hydrogens (tertiary/aromatic N) is 4. The maximum Gasteiger partial charge on any atom is 0.230 e. The van der Waals surface area contributed by atoms with Crippen LogP contribution in [0.3, 0.4) is 0 Å². The Morgan fingerprint density at radius 3 is 2.84 bits per heavy atom. The fourth-order valence-electron chi connectivity index (χ4n) is 2.47. The van der Waals surface area contributed by atoms with Gasteiger partial charge in [-0.25, -0.2) is 0 Å². The SMILES string of the molecule is CCOCCN1CCN(Cc2nnc(C)o2)C[C@H]1C. The molecule has 2 rings (SSSR count). The van der Waals surface area contributed by atoms with Crippen molar-refractivity contribution in [2.75, 3.05) is 39.4 Å². The van der Waals surface area contributed by atoms with Gasteiger partial charge < -0.3 is 9.15 Å². The first-order valence-corrected chi connectivity index (χ1v) is 7.02. The van der Waals surface area contributed by atoms with Crippen molar-refractivity contribution in [1.82, 2.24) is 20.0 Å². The summed E-state index contributed by atoms with van der Waals surface area (Å²) >= 11 is 0. The summed E-state index contributed by atoms with van der Waals surface area (Å²) in [5.41, 5.74) is 0. The molecule has 1 fully saturated rings. The zero-order valence-corrected chi connectivity index (χ0v) is 12.1. The molecular weight excluding hydrogens is 244 g/mol. The number of hydrogen-bond donors (Lipinski definition) is 0. The van der Waals surface area contributed by atoms with Gasteiger partial charge in [0.25, 0.3) is 0 Å². The van der Waals surface area contributed by atoms with E-state index in [1.165, 1.54) is 0 Å². The smallest absolute Gasteiger partial charge is 0.230 e. The van der Waals surface area contributed by atoms with Crippen molar-refractivity contribution < 1.29 is 9.15 Å². The lowest BCUT2D eigenvalue weighted by Gasteiger charge is -2.39. The number of rotatable bonds is 6. The van der Waals surface area contributed by atoms with Gasteiger partial charge in [-0.1, -0.05) is 0 Å². The lowest BCUT2D eigenvalue weighted by molar-refractivity contribution is 0.0436. The first-order valence-electron chi connectivity index (χ1n) is 7.02. The first-order chi connectivity index (χ1) is 9.19. The Hall–Kier alpha value is -0.980. The quantitative estimate of drug-likeness (QED) is 0.715. The Balaban J connectivity index is 1.76. The highest BCUT2D eigenvalue weighted by atomic mass is 16.5. The van der Waals surface area contributed by atoms with Crippen LogP contribution in [0.1, 0.15) is 25.6 Å². The summed E-state index contributed by atoms with van der Waals surface area (Å²) in [6, 6.07) is 0.540. The average molecular weight is 268 g/mol. The van der Waals surface area contributed by atoms with Gasteiger partial charge in [-0.05, 0) is 13.8 Å². The summed E-state index contributed by atoms with van der Waals surface area (Å²) in [7, 11) is 0. The molecule has 1 aliphatic rings. The number of hydrogen-bond acceptors (Lipinski definition) is 6. The molecule has 0 saturated carbocycles. The van der Waals surface area contributed by atoms with Crippen molar-refractivity contribution in [3.63, 3.8) is 0 Å². The van der Waals surface area contributed by atoms with E-state index in [1.54, 1.807) is 0 Å². The molecule has 1 atom stereocenters. The number of aromatic nitrogens is 2. The van der Waals surface area contributed by atoms with Crippen molar-refractivity contribution in [2.24, 2.45) is 0 Å². The average Bonchev–Trinajstić information content (AvgIpc) is 2.78. The van der Waals surface area contributed by atoms with Crippen molar-refractivity contribution in [3.8, 4) is 0 Å². The molecule has 0 aromatic carbocycles. The Kier molecular flexibility index (Phi) is 5.30. The van der Waals surface area contributed by atoms with Gasteiger partial charge in [0.1, 0.15) is 0 Å². The van der Waals surface area contributed by atoms with Crippen LogP contribution in [0, 0.1) is 6.92 Å². The minimum atomic E-state index is 0.540. The van der Waals surface area contributed by atoms with Gasteiger partial charge in [-0.3, -0.25) is 9.80 Å². The maximum atomic E-state index is 5.43. The van der Waals surface area contributed by atoms with Crippen molar-refractivity contribution in [3.05, 3.63) is 11.8 Å². The largest absolute Gasteiger partial charge is 0.424 e. The third-order valence-corrected chi connectivity index (χ3v) is 3.50. The van der Waals surface area contributed by atoms with Crippen molar-refractivity contribution in [2.45, 2.75) is 33.4 Å². The monoisotopic (exact) mass is 268 g/mol. The highest BCUT2D eigenvalue weighted by molar-refractivity contribution is 4.84. The van der Waals surface area contributed by atoms with Crippen molar-refractivity contribution >= 4 is 0 Å². The molecule has 1 aromatic rings. The Bertz CT molecular complexity index is 382. The third-order valence-electron chi connectivity index (χ3n) is 3.50. The van der Waals surface area contributed by atoms with Crippen LogP contribution in [0.2, 0.25) is 0 Å². The van der Waals surface area contributed by atoms with Gasteiger partial charge in [-0.2, -0.15) is 0 Å². The summed E-state index contributed by atoms with van der Waals surface area (Å²) < 4.78 is 10.9. The summed E-state index contributed by atoms with van der Waals surface area (Å²) in [6.07, 6.45) is 0. The Morgan fingerprint density at radius 2 is 2.21 bits per heavy atom. The Morgan fingerprint density at radius 1 is 1.37 bits per heavy atom. The molecule has 0 N–H and O–H groups in total.